The van der Waals surface area contributed by atoms with E-state index in [9.17, 15) is 9.59 Å². The minimum absolute atomic E-state index is 0.000927. The molecule has 9 heteroatoms. The fourth-order valence-corrected chi connectivity index (χ4v) is 5.93. The number of piperazine rings is 1. The van der Waals surface area contributed by atoms with E-state index in [1.165, 1.54) is 11.3 Å². The number of ether oxygens (including phenoxy) is 1. The first-order chi connectivity index (χ1) is 17.1. The average Bonchev–Trinajstić information content (AvgIpc) is 3.37. The second-order valence-electron chi connectivity index (χ2n) is 9.25. The molecule has 1 aromatic carbocycles. The molecule has 0 spiro atoms. The zero-order valence-corrected chi connectivity index (χ0v) is 21.0. The summed E-state index contributed by atoms with van der Waals surface area (Å²) in [7, 11) is 0. The molecular weight excluding hydrogens is 462 g/mol. The van der Waals surface area contributed by atoms with Crippen LogP contribution >= 0.6 is 11.3 Å². The first kappa shape index (κ1) is 24.1. The fraction of sp³-hybridized carbons (Fsp3) is 0.500. The van der Waals surface area contributed by atoms with Gasteiger partial charge in [-0.25, -0.2) is 4.98 Å². The van der Waals surface area contributed by atoms with Crippen LogP contribution < -0.4 is 10.9 Å². The quantitative estimate of drug-likeness (QED) is 0.543. The number of amides is 1. The van der Waals surface area contributed by atoms with Gasteiger partial charge in [0, 0.05) is 45.2 Å². The Morgan fingerprint density at radius 1 is 1.20 bits per heavy atom. The molecule has 35 heavy (non-hydrogen) atoms. The number of benzene rings is 1. The van der Waals surface area contributed by atoms with E-state index < -0.39 is 0 Å². The van der Waals surface area contributed by atoms with Crippen LogP contribution in [0.3, 0.4) is 0 Å². The average molecular weight is 496 g/mol. The smallest absolute Gasteiger partial charge is 0.262 e. The second-order valence-corrected chi connectivity index (χ2v) is 10.1. The summed E-state index contributed by atoms with van der Waals surface area (Å²) in [6.07, 6.45) is 1.31. The van der Waals surface area contributed by atoms with Crippen molar-refractivity contribution in [3.8, 4) is 0 Å². The van der Waals surface area contributed by atoms with Gasteiger partial charge >= 0.3 is 0 Å². The van der Waals surface area contributed by atoms with Gasteiger partial charge in [-0.3, -0.25) is 19.1 Å². The molecule has 186 valence electrons. The molecule has 0 bridgehead atoms. The van der Waals surface area contributed by atoms with Crippen molar-refractivity contribution in [1.82, 2.24) is 24.7 Å². The highest BCUT2D eigenvalue weighted by Crippen LogP contribution is 2.27. The fourth-order valence-electron chi connectivity index (χ4n) is 5.17. The molecule has 4 heterocycles. The normalized spacial score (nSPS) is 20.3. The lowest BCUT2D eigenvalue weighted by molar-refractivity contribution is -0.136. The van der Waals surface area contributed by atoms with E-state index in [1.54, 1.807) is 0 Å². The number of carbonyl (C=O) groups is 1. The lowest BCUT2D eigenvalue weighted by atomic mass is 10.1. The summed E-state index contributed by atoms with van der Waals surface area (Å²) in [4.78, 5) is 36.5. The Hall–Kier alpha value is -2.59. The van der Waals surface area contributed by atoms with Crippen molar-refractivity contribution in [1.29, 1.82) is 0 Å². The summed E-state index contributed by atoms with van der Waals surface area (Å²) in [5.74, 6) is 0.997. The lowest BCUT2D eigenvalue weighted by Gasteiger charge is -2.39. The maximum absolute atomic E-state index is 13.5. The van der Waals surface area contributed by atoms with Crippen LogP contribution in [0.2, 0.25) is 0 Å². The third-order valence-corrected chi connectivity index (χ3v) is 7.80. The summed E-state index contributed by atoms with van der Waals surface area (Å²) in [5, 5.41) is 6.15. The van der Waals surface area contributed by atoms with Crippen molar-refractivity contribution in [2.24, 2.45) is 0 Å². The summed E-state index contributed by atoms with van der Waals surface area (Å²) in [5.41, 5.74) is 1.10. The Kier molecular flexibility index (Phi) is 7.57. The minimum atomic E-state index is 0.000927. The highest BCUT2D eigenvalue weighted by Gasteiger charge is 2.31. The molecular formula is C26H33N5O3S. The molecule has 8 nitrogen and oxygen atoms in total. The number of fused-ring (bicyclic) bond motifs is 1. The number of morpholine rings is 1. The van der Waals surface area contributed by atoms with Crippen molar-refractivity contribution < 1.29 is 9.53 Å². The van der Waals surface area contributed by atoms with Crippen LogP contribution in [0.1, 0.15) is 37.2 Å². The molecule has 0 radical (unpaired) electrons. The van der Waals surface area contributed by atoms with Crippen LogP contribution in [0.5, 0.6) is 0 Å². The Labute approximate surface area is 209 Å². The number of rotatable bonds is 7. The lowest BCUT2D eigenvalue weighted by Crippen LogP contribution is -2.54. The number of aromatic nitrogens is 2. The van der Waals surface area contributed by atoms with Gasteiger partial charge in [-0.1, -0.05) is 37.3 Å². The van der Waals surface area contributed by atoms with Crippen LogP contribution in [0.4, 0.5) is 0 Å². The summed E-state index contributed by atoms with van der Waals surface area (Å²) in [6.45, 7) is 7.62. The molecule has 0 saturated carbocycles. The summed E-state index contributed by atoms with van der Waals surface area (Å²) in [6, 6.07) is 12.0. The van der Waals surface area contributed by atoms with Crippen molar-refractivity contribution in [2.75, 3.05) is 45.9 Å². The zero-order valence-electron chi connectivity index (χ0n) is 20.2. The third-order valence-electron chi connectivity index (χ3n) is 6.99. The maximum atomic E-state index is 13.5. The number of nitrogens with one attached hydrogen (secondary N) is 1. The molecule has 0 aliphatic carbocycles. The van der Waals surface area contributed by atoms with Crippen LogP contribution in [0.25, 0.3) is 10.2 Å². The Bertz CT molecular complexity index is 1200. The first-order valence-electron chi connectivity index (χ1n) is 12.5. The molecule has 2 aliphatic heterocycles. The number of thiophene rings is 1. The van der Waals surface area contributed by atoms with E-state index in [1.807, 2.05) is 51.2 Å². The molecule has 2 aliphatic rings. The van der Waals surface area contributed by atoms with Gasteiger partial charge in [-0.2, -0.15) is 0 Å². The molecule has 2 fully saturated rings. The molecule has 5 rings (SSSR count). The van der Waals surface area contributed by atoms with E-state index >= 15 is 0 Å². The number of carbonyl (C=O) groups excluding carboxylic acids is 1. The SMILES string of the molecule is CCC(c1nc2sccc2c(=O)n1Cc1ccccc1)N1CCNC(CC(=O)N2CCOCC2)C1. The Balaban J connectivity index is 1.41. The van der Waals surface area contributed by atoms with E-state index in [2.05, 4.69) is 17.1 Å². The van der Waals surface area contributed by atoms with Gasteiger partial charge in [0.25, 0.3) is 5.56 Å². The minimum Gasteiger partial charge on any atom is -0.378 e. The zero-order chi connectivity index (χ0) is 24.2. The molecule has 1 amide bonds. The third kappa shape index (κ3) is 5.33. The number of nitrogens with zero attached hydrogens (tertiary/aromatic N) is 4. The second kappa shape index (κ2) is 11.0. The Morgan fingerprint density at radius 2 is 2.00 bits per heavy atom. The van der Waals surface area contributed by atoms with E-state index in [-0.39, 0.29) is 23.6 Å². The molecule has 2 unspecified atom stereocenters. The molecule has 1 N–H and O–H groups in total. The molecule has 2 saturated heterocycles. The van der Waals surface area contributed by atoms with Gasteiger partial charge in [0.15, 0.2) is 0 Å². The Morgan fingerprint density at radius 3 is 2.77 bits per heavy atom. The van der Waals surface area contributed by atoms with Gasteiger partial charge in [-0.15, -0.1) is 11.3 Å². The van der Waals surface area contributed by atoms with Gasteiger partial charge in [0.2, 0.25) is 5.91 Å². The molecule has 2 atom stereocenters. The summed E-state index contributed by atoms with van der Waals surface area (Å²) < 4.78 is 7.24. The molecule has 3 aromatic rings. The largest absolute Gasteiger partial charge is 0.378 e. The van der Waals surface area contributed by atoms with Gasteiger partial charge in [0.1, 0.15) is 10.7 Å². The maximum Gasteiger partial charge on any atom is 0.262 e. The van der Waals surface area contributed by atoms with Gasteiger partial charge < -0.3 is 15.0 Å². The van der Waals surface area contributed by atoms with Crippen LogP contribution in [0, 0.1) is 0 Å². The highest BCUT2D eigenvalue weighted by molar-refractivity contribution is 7.16. The monoisotopic (exact) mass is 495 g/mol. The van der Waals surface area contributed by atoms with Crippen molar-refractivity contribution >= 4 is 27.5 Å². The topological polar surface area (TPSA) is 79.7 Å². The number of hydrogen-bond donors (Lipinski definition) is 1. The van der Waals surface area contributed by atoms with E-state index in [4.69, 9.17) is 9.72 Å². The highest BCUT2D eigenvalue weighted by atomic mass is 32.1. The van der Waals surface area contributed by atoms with E-state index in [0.717, 1.165) is 42.3 Å². The van der Waals surface area contributed by atoms with Crippen molar-refractivity contribution in [3.05, 3.63) is 63.5 Å². The van der Waals surface area contributed by atoms with Crippen molar-refractivity contribution in [3.63, 3.8) is 0 Å². The first-order valence-corrected chi connectivity index (χ1v) is 13.4. The van der Waals surface area contributed by atoms with Gasteiger partial charge in [-0.05, 0) is 23.4 Å². The van der Waals surface area contributed by atoms with Crippen LogP contribution in [-0.2, 0) is 16.1 Å². The van der Waals surface area contributed by atoms with Gasteiger partial charge in [0.05, 0.1) is 31.2 Å². The van der Waals surface area contributed by atoms with Crippen molar-refractivity contribution in [2.45, 2.75) is 38.4 Å². The molecule has 2 aromatic heterocycles. The van der Waals surface area contributed by atoms with Crippen LogP contribution in [-0.4, -0.2) is 77.2 Å². The predicted molar refractivity (Wildman–Crippen MR) is 138 cm³/mol. The van der Waals surface area contributed by atoms with E-state index in [0.29, 0.717) is 44.7 Å². The standard InChI is InChI=1S/C26H33N5O3S/c1-2-22(30-10-9-27-20(18-30)16-23(32)29-11-13-34-14-12-29)24-28-25-21(8-15-35-25)26(33)31(24)17-19-6-4-3-5-7-19/h3-8,15,20,22,27H,2,9-14,16-18H2,1H3. The predicted octanol–water partition coefficient (Wildman–Crippen LogP) is 2.48. The van der Waals surface area contributed by atoms with Crippen LogP contribution in [0.15, 0.2) is 46.6 Å². The summed E-state index contributed by atoms with van der Waals surface area (Å²) >= 11 is 1.51. The number of hydrogen-bond acceptors (Lipinski definition) is 7.